The van der Waals surface area contributed by atoms with Crippen molar-refractivity contribution in [2.75, 3.05) is 19.9 Å². The molecule has 0 radical (unpaired) electrons. The van der Waals surface area contributed by atoms with Crippen molar-refractivity contribution in [3.05, 3.63) is 34.9 Å². The second-order valence-electron chi connectivity index (χ2n) is 6.96. The lowest BCUT2D eigenvalue weighted by molar-refractivity contribution is -0.147. The van der Waals surface area contributed by atoms with Crippen molar-refractivity contribution in [2.45, 2.75) is 43.7 Å². The number of hydrogen-bond donors (Lipinski definition) is 1. The van der Waals surface area contributed by atoms with Crippen LogP contribution in [0.2, 0.25) is 5.02 Å². The highest BCUT2D eigenvalue weighted by Gasteiger charge is 2.46. The maximum Gasteiger partial charge on any atom is 0.229 e. The van der Waals surface area contributed by atoms with Gasteiger partial charge in [-0.3, -0.25) is 4.79 Å². The predicted octanol–water partition coefficient (Wildman–Crippen LogP) is 2.77. The van der Waals surface area contributed by atoms with Crippen molar-refractivity contribution in [2.24, 2.45) is 5.92 Å². The number of nitrogens with zero attached hydrogens (tertiary/aromatic N) is 1. The van der Waals surface area contributed by atoms with Crippen molar-refractivity contribution >= 4 is 17.5 Å². The van der Waals surface area contributed by atoms with Crippen molar-refractivity contribution < 1.29 is 9.53 Å². The van der Waals surface area contributed by atoms with E-state index < -0.39 is 0 Å². The van der Waals surface area contributed by atoms with Gasteiger partial charge in [-0.2, -0.15) is 0 Å². The number of ether oxygens (including phenoxy) is 1. The second-order valence-corrected chi connectivity index (χ2v) is 7.40. The number of piperidine rings is 1. The predicted molar refractivity (Wildman–Crippen MR) is 89.4 cm³/mol. The van der Waals surface area contributed by atoms with Crippen LogP contribution in [0.5, 0.6) is 0 Å². The molecule has 124 valence electrons. The van der Waals surface area contributed by atoms with E-state index in [1.807, 2.05) is 17.0 Å². The molecule has 4 rings (SSSR count). The first kappa shape index (κ1) is 15.4. The molecule has 0 aromatic heterocycles. The Morgan fingerprint density at radius 1 is 1.26 bits per heavy atom. The average molecular weight is 335 g/mol. The molecule has 4 nitrogen and oxygen atoms in total. The zero-order chi connectivity index (χ0) is 15.8. The van der Waals surface area contributed by atoms with Gasteiger partial charge in [-0.1, -0.05) is 23.7 Å². The monoisotopic (exact) mass is 334 g/mol. The van der Waals surface area contributed by atoms with Crippen LogP contribution >= 0.6 is 11.6 Å². The van der Waals surface area contributed by atoms with Crippen LogP contribution in [-0.2, 0) is 9.53 Å². The van der Waals surface area contributed by atoms with Crippen molar-refractivity contribution in [1.82, 2.24) is 10.2 Å². The molecule has 4 unspecified atom stereocenters. The summed E-state index contributed by atoms with van der Waals surface area (Å²) in [4.78, 5) is 15.1. The Bertz CT molecular complexity index is 571. The fourth-order valence-electron chi connectivity index (χ4n) is 4.43. The Labute approximate surface area is 142 Å². The normalized spacial score (nSPS) is 33.7. The minimum atomic E-state index is 0.0108. The number of nitrogens with one attached hydrogen (secondary N) is 1. The summed E-state index contributed by atoms with van der Waals surface area (Å²) >= 11 is 6.04. The molecule has 0 aliphatic carbocycles. The molecule has 1 aromatic rings. The van der Waals surface area contributed by atoms with Gasteiger partial charge >= 0.3 is 0 Å². The summed E-state index contributed by atoms with van der Waals surface area (Å²) in [6.07, 6.45) is 4.24. The van der Waals surface area contributed by atoms with Gasteiger partial charge in [0.15, 0.2) is 0 Å². The number of rotatable bonds is 2. The molecule has 3 saturated heterocycles. The lowest BCUT2D eigenvalue weighted by Crippen LogP contribution is -2.53. The zero-order valence-corrected chi connectivity index (χ0v) is 14.0. The molecule has 3 fully saturated rings. The minimum absolute atomic E-state index is 0.0108. The van der Waals surface area contributed by atoms with Crippen LogP contribution in [0.1, 0.15) is 37.2 Å². The molecule has 4 atom stereocenters. The van der Waals surface area contributed by atoms with E-state index in [0.29, 0.717) is 18.8 Å². The maximum absolute atomic E-state index is 13.2. The van der Waals surface area contributed by atoms with E-state index in [4.69, 9.17) is 16.3 Å². The van der Waals surface area contributed by atoms with Crippen molar-refractivity contribution in [3.63, 3.8) is 0 Å². The Morgan fingerprint density at radius 3 is 2.83 bits per heavy atom. The molecule has 23 heavy (non-hydrogen) atoms. The summed E-state index contributed by atoms with van der Waals surface area (Å²) in [5.41, 5.74) is 1.24. The largest absolute Gasteiger partial charge is 0.361 e. The van der Waals surface area contributed by atoms with Gasteiger partial charge in [-0.05, 0) is 49.3 Å². The van der Waals surface area contributed by atoms with Crippen LogP contribution in [0.15, 0.2) is 24.3 Å². The third-order valence-corrected chi connectivity index (χ3v) is 5.79. The van der Waals surface area contributed by atoms with E-state index >= 15 is 0 Å². The second kappa shape index (κ2) is 6.42. The highest BCUT2D eigenvalue weighted by molar-refractivity contribution is 6.30. The number of carbonyl (C=O) groups excluding carboxylic acids is 1. The first-order valence-corrected chi connectivity index (χ1v) is 8.98. The molecule has 0 spiro atoms. The van der Waals surface area contributed by atoms with Crippen LogP contribution < -0.4 is 5.32 Å². The summed E-state index contributed by atoms with van der Waals surface area (Å²) in [6, 6.07) is 8.89. The Balaban J connectivity index is 1.62. The third kappa shape index (κ3) is 3.00. The first-order valence-electron chi connectivity index (χ1n) is 8.60. The zero-order valence-electron chi connectivity index (χ0n) is 13.2. The molecular weight excluding hydrogens is 312 g/mol. The Morgan fingerprint density at radius 2 is 2.09 bits per heavy atom. The van der Waals surface area contributed by atoms with Crippen LogP contribution in [0.3, 0.4) is 0 Å². The van der Waals surface area contributed by atoms with Crippen LogP contribution in [0.4, 0.5) is 0 Å². The van der Waals surface area contributed by atoms with Gasteiger partial charge in [-0.15, -0.1) is 0 Å². The molecule has 2 bridgehead atoms. The van der Waals surface area contributed by atoms with Gasteiger partial charge in [0.05, 0.1) is 12.5 Å². The molecule has 3 aliphatic rings. The molecule has 3 aliphatic heterocycles. The Kier molecular flexibility index (Phi) is 4.31. The number of fused-ring (bicyclic) bond motifs is 2. The van der Waals surface area contributed by atoms with Gasteiger partial charge in [0.1, 0.15) is 6.73 Å². The first-order chi connectivity index (χ1) is 11.2. The van der Waals surface area contributed by atoms with E-state index in [9.17, 15) is 4.79 Å². The lowest BCUT2D eigenvalue weighted by Gasteiger charge is -2.40. The standard InChI is InChI=1S/C18H23ClN2O2/c19-13-4-2-12(3-5-13)15-10-14-6-7-16(20-14)17(15)18(22)21-8-1-9-23-11-21/h2-5,14-17,20H,1,6-11H2. The molecule has 1 amide bonds. The maximum atomic E-state index is 13.2. The number of benzene rings is 1. The summed E-state index contributed by atoms with van der Waals surface area (Å²) in [5, 5.41) is 4.41. The van der Waals surface area contributed by atoms with Crippen LogP contribution in [0.25, 0.3) is 0 Å². The lowest BCUT2D eigenvalue weighted by atomic mass is 9.76. The van der Waals surface area contributed by atoms with Gasteiger partial charge < -0.3 is 15.0 Å². The fraction of sp³-hybridized carbons (Fsp3) is 0.611. The highest BCUT2D eigenvalue weighted by atomic mass is 35.5. The molecule has 5 heteroatoms. The average Bonchev–Trinajstić information content (AvgIpc) is 2.97. The van der Waals surface area contributed by atoms with Crippen LogP contribution in [-0.4, -0.2) is 42.8 Å². The number of halogens is 1. The van der Waals surface area contributed by atoms with Gasteiger partial charge in [0.25, 0.3) is 0 Å². The van der Waals surface area contributed by atoms with E-state index in [1.165, 1.54) is 12.0 Å². The molecule has 1 aromatic carbocycles. The summed E-state index contributed by atoms with van der Waals surface area (Å²) in [6.45, 7) is 2.02. The number of amides is 1. The summed E-state index contributed by atoms with van der Waals surface area (Å²) < 4.78 is 5.50. The van der Waals surface area contributed by atoms with E-state index in [0.717, 1.165) is 37.4 Å². The number of carbonyl (C=O) groups is 1. The molecule has 3 heterocycles. The van der Waals surface area contributed by atoms with Crippen molar-refractivity contribution in [1.29, 1.82) is 0 Å². The van der Waals surface area contributed by atoms with E-state index in [-0.39, 0.29) is 17.7 Å². The third-order valence-electron chi connectivity index (χ3n) is 5.54. The smallest absolute Gasteiger partial charge is 0.229 e. The highest BCUT2D eigenvalue weighted by Crippen LogP contribution is 2.43. The van der Waals surface area contributed by atoms with Gasteiger partial charge in [0.2, 0.25) is 5.91 Å². The number of hydrogen-bond acceptors (Lipinski definition) is 3. The summed E-state index contributed by atoms with van der Waals surface area (Å²) in [5.74, 6) is 0.541. The molecule has 1 N–H and O–H groups in total. The molecular formula is C18H23ClN2O2. The Hall–Kier alpha value is -1.10. The van der Waals surface area contributed by atoms with Gasteiger partial charge in [0, 0.05) is 23.7 Å². The van der Waals surface area contributed by atoms with Crippen molar-refractivity contribution in [3.8, 4) is 0 Å². The minimum Gasteiger partial charge on any atom is -0.361 e. The van der Waals surface area contributed by atoms with Gasteiger partial charge in [-0.25, -0.2) is 0 Å². The van der Waals surface area contributed by atoms with E-state index in [1.54, 1.807) is 0 Å². The van der Waals surface area contributed by atoms with Crippen LogP contribution in [0, 0.1) is 5.92 Å². The quantitative estimate of drug-likeness (QED) is 0.904. The summed E-state index contributed by atoms with van der Waals surface area (Å²) in [7, 11) is 0. The SMILES string of the molecule is O=C(C1C2CCC(CC1c1ccc(Cl)cc1)N2)N1CCCOC1. The molecule has 0 saturated carbocycles. The topological polar surface area (TPSA) is 41.6 Å². The van der Waals surface area contributed by atoms with E-state index in [2.05, 4.69) is 17.4 Å². The fourth-order valence-corrected chi connectivity index (χ4v) is 4.56.